The Labute approximate surface area is 130 Å². The summed E-state index contributed by atoms with van der Waals surface area (Å²) in [4.78, 5) is 0. The number of benzene rings is 2. The van der Waals surface area contributed by atoms with E-state index in [1.807, 2.05) is 0 Å². The largest absolute Gasteiger partial charge is 0.0622 e. The van der Waals surface area contributed by atoms with Crippen molar-refractivity contribution in [3.63, 3.8) is 0 Å². The predicted octanol–water partition coefficient (Wildman–Crippen LogP) is 6.23. The fourth-order valence-electron chi connectivity index (χ4n) is 3.11. The molecule has 1 atom stereocenters. The number of unbranched alkanes of at least 4 members (excludes halogenated alkanes) is 1. The topological polar surface area (TPSA) is 0 Å². The molecule has 0 saturated carbocycles. The highest BCUT2D eigenvalue weighted by molar-refractivity contribution is 5.21. The molecule has 0 radical (unpaired) electrons. The van der Waals surface area contributed by atoms with E-state index in [2.05, 4.69) is 81.4 Å². The molecule has 0 aliphatic heterocycles. The summed E-state index contributed by atoms with van der Waals surface area (Å²) in [5.74, 6) is 0.648. The first kappa shape index (κ1) is 15.8. The molecule has 21 heavy (non-hydrogen) atoms. The molecule has 2 aromatic carbocycles. The smallest absolute Gasteiger partial charge is 0.0113 e. The Kier molecular flexibility index (Phi) is 5.61. The zero-order valence-corrected chi connectivity index (χ0v) is 13.7. The van der Waals surface area contributed by atoms with Crippen LogP contribution in [0.3, 0.4) is 0 Å². The van der Waals surface area contributed by atoms with E-state index in [9.17, 15) is 0 Å². The number of aryl methyl sites for hydroxylation is 1. The van der Waals surface area contributed by atoms with Gasteiger partial charge in [0.1, 0.15) is 0 Å². The summed E-state index contributed by atoms with van der Waals surface area (Å²) in [6.07, 6.45) is 5.06. The van der Waals surface area contributed by atoms with Crippen molar-refractivity contribution in [1.82, 2.24) is 0 Å². The lowest BCUT2D eigenvalue weighted by atomic mass is 9.74. The highest BCUT2D eigenvalue weighted by Gasteiger charge is 2.25. The molecule has 0 heteroatoms. The molecule has 1 unspecified atom stereocenters. The van der Waals surface area contributed by atoms with Crippen molar-refractivity contribution < 1.29 is 0 Å². The van der Waals surface area contributed by atoms with E-state index in [1.54, 1.807) is 0 Å². The maximum atomic E-state index is 2.36. The van der Waals surface area contributed by atoms with E-state index in [0.29, 0.717) is 11.3 Å². The quantitative estimate of drug-likeness (QED) is 0.550. The molecule has 0 nitrogen and oxygen atoms in total. The van der Waals surface area contributed by atoms with Crippen LogP contribution < -0.4 is 0 Å². The minimum absolute atomic E-state index is 0.327. The lowest BCUT2D eigenvalue weighted by Crippen LogP contribution is -2.18. The number of hydrogen-bond acceptors (Lipinski definition) is 0. The fraction of sp³-hybridized carbons (Fsp3) is 0.429. The molecule has 112 valence electrons. The second kappa shape index (κ2) is 7.45. The van der Waals surface area contributed by atoms with E-state index in [-0.39, 0.29) is 0 Å². The normalized spacial score (nSPS) is 13.1. The van der Waals surface area contributed by atoms with Crippen LogP contribution in [0.1, 0.15) is 57.1 Å². The molecule has 0 amide bonds. The van der Waals surface area contributed by atoms with Crippen molar-refractivity contribution in [3.05, 3.63) is 71.8 Å². The van der Waals surface area contributed by atoms with Crippen LogP contribution >= 0.6 is 0 Å². The monoisotopic (exact) mass is 280 g/mol. The van der Waals surface area contributed by atoms with Crippen molar-refractivity contribution >= 4 is 0 Å². The average molecular weight is 280 g/mol. The van der Waals surface area contributed by atoms with Gasteiger partial charge < -0.3 is 0 Å². The van der Waals surface area contributed by atoms with E-state index in [4.69, 9.17) is 0 Å². The van der Waals surface area contributed by atoms with E-state index in [1.165, 1.54) is 36.8 Å². The molecule has 0 N–H and O–H groups in total. The highest BCUT2D eigenvalue weighted by Crippen LogP contribution is 2.38. The zero-order valence-electron chi connectivity index (χ0n) is 13.7. The van der Waals surface area contributed by atoms with Crippen molar-refractivity contribution in [2.45, 2.75) is 52.4 Å². The lowest BCUT2D eigenvalue weighted by molar-refractivity contribution is 0.298. The first-order valence-corrected chi connectivity index (χ1v) is 8.16. The Morgan fingerprint density at radius 3 is 1.90 bits per heavy atom. The van der Waals surface area contributed by atoms with Gasteiger partial charge in [-0.3, -0.25) is 0 Å². The van der Waals surface area contributed by atoms with Gasteiger partial charge in [0.05, 0.1) is 0 Å². The standard InChI is InChI=1S/C21H28/c1-21(2,3)20(19-15-8-5-9-16-19)17-11-10-14-18-12-6-4-7-13-18/h4-9,12-13,15-16,20H,10-11,14,17H2,1-3H3. The third-order valence-electron chi connectivity index (χ3n) is 4.30. The highest BCUT2D eigenvalue weighted by atomic mass is 14.3. The molecule has 0 heterocycles. The first-order chi connectivity index (χ1) is 10.1. The maximum absolute atomic E-state index is 2.36. The van der Waals surface area contributed by atoms with E-state index in [0.717, 1.165) is 0 Å². The first-order valence-electron chi connectivity index (χ1n) is 8.16. The summed E-state index contributed by atoms with van der Waals surface area (Å²) in [6, 6.07) is 21.8. The summed E-state index contributed by atoms with van der Waals surface area (Å²) in [5, 5.41) is 0. The third kappa shape index (κ3) is 5.04. The van der Waals surface area contributed by atoms with Crippen molar-refractivity contribution in [3.8, 4) is 0 Å². The van der Waals surface area contributed by atoms with Crippen LogP contribution in [0.4, 0.5) is 0 Å². The Morgan fingerprint density at radius 2 is 1.33 bits per heavy atom. The molecule has 0 aromatic heterocycles. The van der Waals surface area contributed by atoms with Gasteiger partial charge in [-0.25, -0.2) is 0 Å². The molecule has 2 rings (SSSR count). The summed E-state index contributed by atoms with van der Waals surface area (Å²) >= 11 is 0. The molecule has 0 fully saturated rings. The molecule has 0 bridgehead atoms. The molecule has 0 aliphatic rings. The van der Waals surface area contributed by atoms with Crippen LogP contribution in [0.5, 0.6) is 0 Å². The second-order valence-electron chi connectivity index (χ2n) is 7.06. The van der Waals surface area contributed by atoms with Crippen molar-refractivity contribution in [2.75, 3.05) is 0 Å². The third-order valence-corrected chi connectivity index (χ3v) is 4.30. The van der Waals surface area contributed by atoms with Crippen LogP contribution in [0.25, 0.3) is 0 Å². The fourth-order valence-corrected chi connectivity index (χ4v) is 3.11. The zero-order chi connectivity index (χ0) is 15.1. The molecular weight excluding hydrogens is 252 g/mol. The summed E-state index contributed by atoms with van der Waals surface area (Å²) in [7, 11) is 0. The predicted molar refractivity (Wildman–Crippen MR) is 92.6 cm³/mol. The molecule has 0 aliphatic carbocycles. The second-order valence-corrected chi connectivity index (χ2v) is 7.06. The van der Waals surface area contributed by atoms with Crippen LogP contribution in [-0.4, -0.2) is 0 Å². The molecule has 0 spiro atoms. The summed E-state index contributed by atoms with van der Waals surface area (Å²) < 4.78 is 0. The van der Waals surface area contributed by atoms with Gasteiger partial charge in [-0.2, -0.15) is 0 Å². The van der Waals surface area contributed by atoms with Crippen LogP contribution in [-0.2, 0) is 6.42 Å². The number of hydrogen-bond donors (Lipinski definition) is 0. The van der Waals surface area contributed by atoms with Crippen LogP contribution in [0.15, 0.2) is 60.7 Å². The SMILES string of the molecule is CC(C)(C)C(CCCCc1ccccc1)c1ccccc1. The molecule has 2 aromatic rings. The van der Waals surface area contributed by atoms with Gasteiger partial charge in [-0.15, -0.1) is 0 Å². The average Bonchev–Trinajstić information content (AvgIpc) is 2.48. The maximum Gasteiger partial charge on any atom is -0.0113 e. The van der Waals surface area contributed by atoms with Crippen molar-refractivity contribution in [1.29, 1.82) is 0 Å². The summed E-state index contributed by atoms with van der Waals surface area (Å²) in [5.41, 5.74) is 3.28. The Bertz CT molecular complexity index is 505. The Balaban J connectivity index is 1.89. The van der Waals surface area contributed by atoms with Crippen LogP contribution in [0, 0.1) is 5.41 Å². The minimum atomic E-state index is 0.327. The van der Waals surface area contributed by atoms with E-state index < -0.39 is 0 Å². The van der Waals surface area contributed by atoms with Gasteiger partial charge >= 0.3 is 0 Å². The van der Waals surface area contributed by atoms with Gasteiger partial charge in [0.25, 0.3) is 0 Å². The van der Waals surface area contributed by atoms with Gasteiger partial charge in [0, 0.05) is 0 Å². The van der Waals surface area contributed by atoms with Gasteiger partial charge in [-0.05, 0) is 41.7 Å². The van der Waals surface area contributed by atoms with Gasteiger partial charge in [0.15, 0.2) is 0 Å². The number of rotatable bonds is 6. The van der Waals surface area contributed by atoms with Crippen LogP contribution in [0.2, 0.25) is 0 Å². The Morgan fingerprint density at radius 1 is 0.762 bits per heavy atom. The van der Waals surface area contributed by atoms with Gasteiger partial charge in [-0.1, -0.05) is 87.9 Å². The summed E-state index contributed by atoms with van der Waals surface area (Å²) in [6.45, 7) is 7.09. The van der Waals surface area contributed by atoms with E-state index >= 15 is 0 Å². The molecule has 0 saturated heterocycles. The molecular formula is C21H28. The van der Waals surface area contributed by atoms with Gasteiger partial charge in [0.2, 0.25) is 0 Å². The van der Waals surface area contributed by atoms with Crippen molar-refractivity contribution in [2.24, 2.45) is 5.41 Å². The Hall–Kier alpha value is -1.56. The lowest BCUT2D eigenvalue weighted by Gasteiger charge is -2.31. The minimum Gasteiger partial charge on any atom is -0.0622 e.